The summed E-state index contributed by atoms with van der Waals surface area (Å²) >= 11 is 0. The van der Waals surface area contributed by atoms with Gasteiger partial charge in [0, 0.05) is 18.4 Å². The molecule has 2 heteroatoms. The average Bonchev–Trinajstić information content (AvgIpc) is 2.63. The van der Waals surface area contributed by atoms with E-state index in [-0.39, 0.29) is 5.82 Å². The highest BCUT2D eigenvalue weighted by atomic mass is 19.1. The van der Waals surface area contributed by atoms with Crippen molar-refractivity contribution in [1.29, 1.82) is 0 Å². The molecule has 1 nitrogen and oxygen atoms in total. The molecule has 0 aromatic heterocycles. The zero-order valence-corrected chi connectivity index (χ0v) is 11.2. The van der Waals surface area contributed by atoms with Crippen LogP contribution in [0.4, 0.5) is 4.39 Å². The van der Waals surface area contributed by atoms with Crippen LogP contribution in [0.25, 0.3) is 0 Å². The van der Waals surface area contributed by atoms with Gasteiger partial charge in [0.25, 0.3) is 0 Å². The van der Waals surface area contributed by atoms with Gasteiger partial charge in [-0.25, -0.2) is 4.39 Å². The number of rotatable bonds is 1. The molecule has 0 heterocycles. The summed E-state index contributed by atoms with van der Waals surface area (Å²) in [7, 11) is 0. The third-order valence-electron chi connectivity index (χ3n) is 3.98. The van der Waals surface area contributed by atoms with E-state index >= 15 is 0 Å². The number of aliphatic hydroxyl groups is 1. The number of halogens is 1. The molecule has 0 fully saturated rings. The van der Waals surface area contributed by atoms with Gasteiger partial charge in [-0.3, -0.25) is 0 Å². The minimum Gasteiger partial charge on any atom is -0.384 e. The lowest BCUT2D eigenvalue weighted by atomic mass is 9.86. The number of benzene rings is 2. The molecule has 0 amide bonds. The van der Waals surface area contributed by atoms with Gasteiger partial charge < -0.3 is 5.11 Å². The molecule has 98 valence electrons. The Bertz CT molecular complexity index is 597. The van der Waals surface area contributed by atoms with E-state index in [4.69, 9.17) is 0 Å². The van der Waals surface area contributed by atoms with E-state index < -0.39 is 5.60 Å². The van der Waals surface area contributed by atoms with Crippen molar-refractivity contribution < 1.29 is 9.50 Å². The molecule has 19 heavy (non-hydrogen) atoms. The maximum Gasteiger partial charge on any atom is 0.129 e. The van der Waals surface area contributed by atoms with Crippen LogP contribution in [-0.4, -0.2) is 5.11 Å². The minimum atomic E-state index is -1.11. The van der Waals surface area contributed by atoms with E-state index in [1.807, 2.05) is 44.2 Å². The fourth-order valence-electron chi connectivity index (χ4n) is 3.28. The summed E-state index contributed by atoms with van der Waals surface area (Å²) in [5.41, 5.74) is 3.29. The van der Waals surface area contributed by atoms with Crippen molar-refractivity contribution in [2.45, 2.75) is 32.3 Å². The monoisotopic (exact) mass is 256 g/mol. The Kier molecular flexibility index (Phi) is 2.72. The van der Waals surface area contributed by atoms with Gasteiger partial charge in [-0.05, 0) is 42.2 Å². The molecule has 2 aromatic rings. The standard InChI is InChI=1S/C17H17FO/c1-11-7-12(2)16(15(18)8-11)17(19)9-13-5-3-4-6-14(13)10-17/h3-8,19H,9-10H2,1-2H3. The predicted molar refractivity (Wildman–Crippen MR) is 73.6 cm³/mol. The molecule has 0 radical (unpaired) electrons. The summed E-state index contributed by atoms with van der Waals surface area (Å²) in [4.78, 5) is 0. The number of hydrogen-bond acceptors (Lipinski definition) is 1. The molecule has 0 aliphatic heterocycles. The maximum atomic E-state index is 14.3. The Morgan fingerprint density at radius 1 is 1.05 bits per heavy atom. The van der Waals surface area contributed by atoms with Crippen molar-refractivity contribution in [2.24, 2.45) is 0 Å². The van der Waals surface area contributed by atoms with Crippen LogP contribution in [0.2, 0.25) is 0 Å². The largest absolute Gasteiger partial charge is 0.384 e. The summed E-state index contributed by atoms with van der Waals surface area (Å²) in [6.07, 6.45) is 0.980. The molecule has 0 unspecified atom stereocenters. The van der Waals surface area contributed by atoms with E-state index in [2.05, 4.69) is 0 Å². The predicted octanol–water partition coefficient (Wildman–Crippen LogP) is 3.43. The van der Waals surface area contributed by atoms with Gasteiger partial charge in [-0.15, -0.1) is 0 Å². The Morgan fingerprint density at radius 2 is 1.63 bits per heavy atom. The van der Waals surface area contributed by atoms with Gasteiger partial charge in [-0.1, -0.05) is 30.3 Å². The molecular formula is C17H17FO. The highest BCUT2D eigenvalue weighted by Gasteiger charge is 2.39. The SMILES string of the molecule is Cc1cc(C)c(C2(O)Cc3ccccc3C2)c(F)c1. The van der Waals surface area contributed by atoms with E-state index in [1.165, 1.54) is 6.07 Å². The van der Waals surface area contributed by atoms with Crippen LogP contribution in [0.3, 0.4) is 0 Å². The first-order chi connectivity index (χ1) is 8.99. The number of aryl methyl sites for hydroxylation is 2. The van der Waals surface area contributed by atoms with Gasteiger partial charge in [0.05, 0.1) is 0 Å². The summed E-state index contributed by atoms with van der Waals surface area (Å²) in [6, 6.07) is 11.4. The van der Waals surface area contributed by atoms with Crippen molar-refractivity contribution in [3.8, 4) is 0 Å². The van der Waals surface area contributed by atoms with E-state index in [0.717, 1.165) is 22.3 Å². The molecule has 1 aliphatic carbocycles. The summed E-state index contributed by atoms with van der Waals surface area (Å²) in [6.45, 7) is 3.74. The second-order valence-electron chi connectivity index (χ2n) is 5.59. The highest BCUT2D eigenvalue weighted by molar-refractivity contribution is 5.44. The second-order valence-corrected chi connectivity index (χ2v) is 5.59. The minimum absolute atomic E-state index is 0.298. The average molecular weight is 256 g/mol. The molecule has 0 atom stereocenters. The van der Waals surface area contributed by atoms with Crippen LogP contribution in [0.5, 0.6) is 0 Å². The maximum absolute atomic E-state index is 14.3. The van der Waals surface area contributed by atoms with E-state index in [1.54, 1.807) is 0 Å². The van der Waals surface area contributed by atoms with Crippen LogP contribution >= 0.6 is 0 Å². The molecular weight excluding hydrogens is 239 g/mol. The lowest BCUT2D eigenvalue weighted by molar-refractivity contribution is 0.0438. The number of hydrogen-bond donors (Lipinski definition) is 1. The van der Waals surface area contributed by atoms with Crippen molar-refractivity contribution >= 4 is 0 Å². The first-order valence-corrected chi connectivity index (χ1v) is 6.56. The summed E-state index contributed by atoms with van der Waals surface area (Å²) < 4.78 is 14.3. The third kappa shape index (κ3) is 1.96. The van der Waals surface area contributed by atoms with Gasteiger partial charge in [0.1, 0.15) is 11.4 Å². The topological polar surface area (TPSA) is 20.2 Å². The molecule has 1 N–H and O–H groups in total. The fraction of sp³-hybridized carbons (Fsp3) is 0.294. The Morgan fingerprint density at radius 3 is 2.16 bits per heavy atom. The number of fused-ring (bicyclic) bond motifs is 1. The van der Waals surface area contributed by atoms with Crippen LogP contribution in [-0.2, 0) is 18.4 Å². The molecule has 0 saturated carbocycles. The van der Waals surface area contributed by atoms with Crippen LogP contribution in [0.1, 0.15) is 27.8 Å². The van der Waals surface area contributed by atoms with E-state index in [9.17, 15) is 9.50 Å². The normalized spacial score (nSPS) is 16.4. The van der Waals surface area contributed by atoms with Gasteiger partial charge in [-0.2, -0.15) is 0 Å². The molecule has 0 bridgehead atoms. The molecule has 0 spiro atoms. The highest BCUT2D eigenvalue weighted by Crippen LogP contribution is 2.40. The van der Waals surface area contributed by atoms with Crippen LogP contribution in [0.15, 0.2) is 36.4 Å². The van der Waals surface area contributed by atoms with Crippen LogP contribution in [0, 0.1) is 19.7 Å². The third-order valence-corrected chi connectivity index (χ3v) is 3.98. The first-order valence-electron chi connectivity index (χ1n) is 6.56. The van der Waals surface area contributed by atoms with Gasteiger partial charge >= 0.3 is 0 Å². The lowest BCUT2D eigenvalue weighted by Gasteiger charge is -2.25. The van der Waals surface area contributed by atoms with Gasteiger partial charge in [0.15, 0.2) is 0 Å². The Balaban J connectivity index is 2.10. The van der Waals surface area contributed by atoms with Crippen LogP contribution < -0.4 is 0 Å². The summed E-state index contributed by atoms with van der Waals surface area (Å²) in [5, 5.41) is 10.9. The second kappa shape index (κ2) is 4.17. The van der Waals surface area contributed by atoms with Crippen molar-refractivity contribution in [3.63, 3.8) is 0 Å². The van der Waals surface area contributed by atoms with Crippen molar-refractivity contribution in [3.05, 3.63) is 70.0 Å². The zero-order chi connectivity index (χ0) is 13.6. The van der Waals surface area contributed by atoms with Crippen molar-refractivity contribution in [1.82, 2.24) is 0 Å². The quantitative estimate of drug-likeness (QED) is 0.828. The summed E-state index contributed by atoms with van der Waals surface area (Å²) in [5.74, 6) is -0.298. The van der Waals surface area contributed by atoms with Crippen molar-refractivity contribution in [2.75, 3.05) is 0 Å². The Hall–Kier alpha value is -1.67. The smallest absolute Gasteiger partial charge is 0.129 e. The molecule has 3 rings (SSSR count). The molecule has 1 aliphatic rings. The first kappa shape index (κ1) is 12.4. The molecule has 0 saturated heterocycles. The molecule has 2 aromatic carbocycles. The fourth-order valence-corrected chi connectivity index (χ4v) is 3.28. The lowest BCUT2D eigenvalue weighted by Crippen LogP contribution is -2.28. The van der Waals surface area contributed by atoms with Gasteiger partial charge in [0.2, 0.25) is 0 Å². The Labute approximate surface area is 112 Å². The zero-order valence-electron chi connectivity index (χ0n) is 11.2. The van der Waals surface area contributed by atoms with E-state index in [0.29, 0.717) is 18.4 Å².